The molecule has 1 aromatic rings. The molecule has 1 heterocycles. The number of carboxylic acids is 1. The van der Waals surface area contributed by atoms with Crippen molar-refractivity contribution in [2.75, 3.05) is 13.1 Å². The number of primary amides is 1. The van der Waals surface area contributed by atoms with Crippen molar-refractivity contribution in [3.63, 3.8) is 0 Å². The van der Waals surface area contributed by atoms with Crippen LogP contribution < -0.4 is 5.73 Å². The lowest BCUT2D eigenvalue weighted by Gasteiger charge is -2.38. The van der Waals surface area contributed by atoms with E-state index in [0.717, 1.165) is 25.2 Å². The van der Waals surface area contributed by atoms with Crippen LogP contribution in [-0.2, 0) is 11.3 Å². The standard InChI is InChI=1S/C13H16N2O3/c14-13(18)11-3-1-2-9(4-11)6-15-7-10(8-15)5-12(16)17/h1-4,10H,5-8H2,(H2,14,18)(H,16,17). The van der Waals surface area contributed by atoms with Crippen molar-refractivity contribution in [3.05, 3.63) is 35.4 Å². The van der Waals surface area contributed by atoms with Gasteiger partial charge in [0.15, 0.2) is 0 Å². The number of nitrogens with zero attached hydrogens (tertiary/aromatic N) is 1. The normalized spacial score (nSPS) is 16.2. The Hall–Kier alpha value is -1.88. The molecule has 0 aromatic heterocycles. The fourth-order valence-electron chi connectivity index (χ4n) is 2.26. The largest absolute Gasteiger partial charge is 0.481 e. The Morgan fingerprint density at radius 3 is 2.72 bits per heavy atom. The van der Waals surface area contributed by atoms with Crippen molar-refractivity contribution in [1.29, 1.82) is 0 Å². The van der Waals surface area contributed by atoms with Gasteiger partial charge in [-0.05, 0) is 23.6 Å². The third kappa shape index (κ3) is 3.07. The van der Waals surface area contributed by atoms with Gasteiger partial charge in [-0.15, -0.1) is 0 Å². The van der Waals surface area contributed by atoms with Crippen molar-refractivity contribution in [3.8, 4) is 0 Å². The van der Waals surface area contributed by atoms with Gasteiger partial charge in [0.2, 0.25) is 5.91 Å². The van der Waals surface area contributed by atoms with Gasteiger partial charge in [-0.3, -0.25) is 14.5 Å². The van der Waals surface area contributed by atoms with E-state index < -0.39 is 11.9 Å². The maximum Gasteiger partial charge on any atom is 0.303 e. The molecular formula is C13H16N2O3. The summed E-state index contributed by atoms with van der Waals surface area (Å²) in [4.78, 5) is 23.7. The molecule has 1 aliphatic rings. The maximum absolute atomic E-state index is 11.0. The van der Waals surface area contributed by atoms with Gasteiger partial charge in [-0.25, -0.2) is 0 Å². The molecular weight excluding hydrogens is 232 g/mol. The van der Waals surface area contributed by atoms with Gasteiger partial charge in [0, 0.05) is 25.2 Å². The highest BCUT2D eigenvalue weighted by atomic mass is 16.4. The van der Waals surface area contributed by atoms with Crippen LogP contribution in [0.25, 0.3) is 0 Å². The Balaban J connectivity index is 1.86. The highest BCUT2D eigenvalue weighted by Gasteiger charge is 2.28. The van der Waals surface area contributed by atoms with Crippen molar-refractivity contribution < 1.29 is 14.7 Å². The lowest BCUT2D eigenvalue weighted by Crippen LogP contribution is -2.46. The quantitative estimate of drug-likeness (QED) is 0.803. The maximum atomic E-state index is 11.0. The van der Waals surface area contributed by atoms with Gasteiger partial charge in [0.1, 0.15) is 0 Å². The number of benzene rings is 1. The van der Waals surface area contributed by atoms with E-state index in [1.165, 1.54) is 0 Å². The Morgan fingerprint density at radius 2 is 2.11 bits per heavy atom. The molecule has 0 spiro atoms. The topological polar surface area (TPSA) is 83.6 Å². The molecule has 0 unspecified atom stereocenters. The zero-order valence-corrected chi connectivity index (χ0v) is 10.0. The summed E-state index contributed by atoms with van der Waals surface area (Å²) in [5, 5.41) is 8.65. The van der Waals surface area contributed by atoms with Crippen molar-refractivity contribution >= 4 is 11.9 Å². The van der Waals surface area contributed by atoms with E-state index in [1.54, 1.807) is 12.1 Å². The van der Waals surface area contributed by atoms with Crippen LogP contribution in [0.15, 0.2) is 24.3 Å². The summed E-state index contributed by atoms with van der Waals surface area (Å²) in [5.74, 6) is -0.915. The second-order valence-corrected chi connectivity index (χ2v) is 4.72. The third-order valence-corrected chi connectivity index (χ3v) is 3.11. The molecule has 1 aromatic carbocycles. The first-order chi connectivity index (χ1) is 8.54. The van der Waals surface area contributed by atoms with E-state index in [1.807, 2.05) is 12.1 Å². The number of aliphatic carboxylic acids is 1. The predicted molar refractivity (Wildman–Crippen MR) is 66.0 cm³/mol. The van der Waals surface area contributed by atoms with Gasteiger partial charge in [-0.2, -0.15) is 0 Å². The molecule has 0 bridgehead atoms. The van der Waals surface area contributed by atoms with E-state index in [9.17, 15) is 9.59 Å². The average Bonchev–Trinajstić information content (AvgIpc) is 2.26. The van der Waals surface area contributed by atoms with Gasteiger partial charge >= 0.3 is 5.97 Å². The van der Waals surface area contributed by atoms with E-state index in [2.05, 4.69) is 4.90 Å². The predicted octanol–water partition coefficient (Wildman–Crippen LogP) is 0.692. The van der Waals surface area contributed by atoms with Crippen LogP contribution in [0.5, 0.6) is 0 Å². The average molecular weight is 248 g/mol. The number of carboxylic acid groups (broad SMARTS) is 1. The first-order valence-electron chi connectivity index (χ1n) is 5.87. The molecule has 0 aliphatic carbocycles. The first kappa shape index (κ1) is 12.6. The van der Waals surface area contributed by atoms with Gasteiger partial charge < -0.3 is 10.8 Å². The minimum absolute atomic E-state index is 0.234. The summed E-state index contributed by atoms with van der Waals surface area (Å²) < 4.78 is 0. The fraction of sp³-hybridized carbons (Fsp3) is 0.385. The fourth-order valence-corrected chi connectivity index (χ4v) is 2.26. The minimum atomic E-state index is -0.740. The van der Waals surface area contributed by atoms with Crippen LogP contribution in [0.3, 0.4) is 0 Å². The molecule has 1 saturated heterocycles. The van der Waals surface area contributed by atoms with Crippen molar-refractivity contribution in [2.24, 2.45) is 11.7 Å². The smallest absolute Gasteiger partial charge is 0.303 e. The van der Waals surface area contributed by atoms with Crippen molar-refractivity contribution in [1.82, 2.24) is 4.90 Å². The van der Waals surface area contributed by atoms with E-state index >= 15 is 0 Å². The van der Waals surface area contributed by atoms with E-state index in [4.69, 9.17) is 10.8 Å². The van der Waals surface area contributed by atoms with Crippen LogP contribution in [0.1, 0.15) is 22.3 Å². The molecule has 3 N–H and O–H groups in total. The highest BCUT2D eigenvalue weighted by Crippen LogP contribution is 2.21. The van der Waals surface area contributed by atoms with Crippen LogP contribution in [0.4, 0.5) is 0 Å². The number of likely N-dealkylation sites (tertiary alicyclic amines) is 1. The summed E-state index contributed by atoms with van der Waals surface area (Å²) in [6, 6.07) is 7.23. The zero-order chi connectivity index (χ0) is 13.1. The van der Waals surface area contributed by atoms with Crippen LogP contribution in [0, 0.1) is 5.92 Å². The van der Waals surface area contributed by atoms with Crippen LogP contribution in [-0.4, -0.2) is 35.0 Å². The lowest BCUT2D eigenvalue weighted by molar-refractivity contribution is -0.139. The second kappa shape index (κ2) is 5.18. The van der Waals surface area contributed by atoms with Crippen molar-refractivity contribution in [2.45, 2.75) is 13.0 Å². The van der Waals surface area contributed by atoms with Crippen LogP contribution >= 0.6 is 0 Å². The summed E-state index contributed by atoms with van der Waals surface area (Å²) in [6.45, 7) is 2.33. The molecule has 5 heteroatoms. The Labute approximate surface area is 105 Å². The molecule has 1 aliphatic heterocycles. The zero-order valence-electron chi connectivity index (χ0n) is 10.0. The molecule has 1 fully saturated rings. The number of amides is 1. The molecule has 5 nitrogen and oxygen atoms in total. The molecule has 1 amide bonds. The SMILES string of the molecule is NC(=O)c1cccc(CN2CC(CC(=O)O)C2)c1. The van der Waals surface area contributed by atoms with E-state index in [0.29, 0.717) is 5.56 Å². The number of hydrogen-bond acceptors (Lipinski definition) is 3. The van der Waals surface area contributed by atoms with Gasteiger partial charge in [0.05, 0.1) is 6.42 Å². The summed E-state index contributed by atoms with van der Waals surface area (Å²) in [5.41, 5.74) is 6.76. The molecule has 18 heavy (non-hydrogen) atoms. The lowest BCUT2D eigenvalue weighted by atomic mass is 9.95. The number of carbonyl (C=O) groups is 2. The highest BCUT2D eigenvalue weighted by molar-refractivity contribution is 5.92. The van der Waals surface area contributed by atoms with Gasteiger partial charge in [0.25, 0.3) is 0 Å². The minimum Gasteiger partial charge on any atom is -0.481 e. The first-order valence-corrected chi connectivity index (χ1v) is 5.87. The number of rotatable bonds is 5. The second-order valence-electron chi connectivity index (χ2n) is 4.72. The number of nitrogens with two attached hydrogens (primary N) is 1. The van der Waals surface area contributed by atoms with E-state index in [-0.39, 0.29) is 12.3 Å². The molecule has 0 atom stereocenters. The Morgan fingerprint density at radius 1 is 1.39 bits per heavy atom. The Kier molecular flexibility index (Phi) is 3.62. The summed E-state index contributed by atoms with van der Waals surface area (Å²) in [7, 11) is 0. The van der Waals surface area contributed by atoms with Gasteiger partial charge in [-0.1, -0.05) is 12.1 Å². The Bertz CT molecular complexity index is 467. The molecule has 96 valence electrons. The monoisotopic (exact) mass is 248 g/mol. The van der Waals surface area contributed by atoms with Crippen LogP contribution in [0.2, 0.25) is 0 Å². The summed E-state index contributed by atoms with van der Waals surface area (Å²) >= 11 is 0. The molecule has 2 rings (SSSR count). The number of hydrogen-bond donors (Lipinski definition) is 2. The third-order valence-electron chi connectivity index (χ3n) is 3.11. The number of carbonyl (C=O) groups excluding carboxylic acids is 1. The molecule has 0 saturated carbocycles. The molecule has 0 radical (unpaired) electrons. The summed E-state index contributed by atoms with van der Waals surface area (Å²) in [6.07, 6.45) is 0.234.